The van der Waals surface area contributed by atoms with Crippen LogP contribution in [0.1, 0.15) is 45.9 Å². The molecule has 2 fully saturated rings. The van der Waals surface area contributed by atoms with E-state index in [1.165, 1.54) is 11.3 Å². The average Bonchev–Trinajstić information content (AvgIpc) is 3.12. The Bertz CT molecular complexity index is 838. The van der Waals surface area contributed by atoms with E-state index in [9.17, 15) is 9.59 Å². The lowest BCUT2D eigenvalue weighted by molar-refractivity contribution is -0.139. The van der Waals surface area contributed by atoms with Crippen LogP contribution in [0.4, 0.5) is 0 Å². The standard InChI is InChI=1S/C20H24N4O2S/c1-15-22-11-17(27-15)19(26)23-10-2-6-20(13-23)7-3-18(25)24(14-20)12-16-4-8-21-9-5-16/h4-5,8-9,11H,2-3,6-7,10,12-14H2,1H3/t20-/m0/s1. The van der Waals surface area contributed by atoms with Gasteiger partial charge in [-0.05, 0) is 43.9 Å². The van der Waals surface area contributed by atoms with Crippen molar-refractivity contribution in [3.05, 3.63) is 46.2 Å². The molecule has 4 heterocycles. The normalized spacial score (nSPS) is 23.1. The Hall–Kier alpha value is -2.28. The molecule has 2 saturated heterocycles. The number of carbonyl (C=O) groups excluding carboxylic acids is 2. The molecule has 6 nitrogen and oxygen atoms in total. The van der Waals surface area contributed by atoms with Crippen LogP contribution in [-0.4, -0.2) is 51.2 Å². The van der Waals surface area contributed by atoms with Crippen molar-refractivity contribution < 1.29 is 9.59 Å². The SMILES string of the molecule is Cc1ncc(C(=O)N2CCC[C@]3(CCC(=O)N(Cc4ccncc4)C3)C2)s1. The van der Waals surface area contributed by atoms with Crippen molar-refractivity contribution in [1.29, 1.82) is 0 Å². The highest BCUT2D eigenvalue weighted by molar-refractivity contribution is 7.13. The van der Waals surface area contributed by atoms with Crippen LogP contribution in [0.5, 0.6) is 0 Å². The molecular weight excluding hydrogens is 360 g/mol. The summed E-state index contributed by atoms with van der Waals surface area (Å²) in [7, 11) is 0. The quantitative estimate of drug-likeness (QED) is 0.816. The van der Waals surface area contributed by atoms with Crippen molar-refractivity contribution in [1.82, 2.24) is 19.8 Å². The van der Waals surface area contributed by atoms with Crippen molar-refractivity contribution in [2.24, 2.45) is 5.41 Å². The van der Waals surface area contributed by atoms with E-state index < -0.39 is 0 Å². The van der Waals surface area contributed by atoms with Gasteiger partial charge in [-0.1, -0.05) is 0 Å². The van der Waals surface area contributed by atoms with Gasteiger partial charge in [-0.2, -0.15) is 0 Å². The van der Waals surface area contributed by atoms with Crippen LogP contribution in [-0.2, 0) is 11.3 Å². The fourth-order valence-electron chi connectivity index (χ4n) is 4.29. The minimum absolute atomic E-state index is 0.00851. The second-order valence-corrected chi connectivity index (χ2v) is 8.91. The molecule has 0 saturated carbocycles. The molecule has 0 radical (unpaired) electrons. The zero-order chi connectivity index (χ0) is 18.9. The van der Waals surface area contributed by atoms with Crippen molar-refractivity contribution in [2.75, 3.05) is 19.6 Å². The predicted octanol–water partition coefficient (Wildman–Crippen LogP) is 2.89. The molecule has 142 valence electrons. The summed E-state index contributed by atoms with van der Waals surface area (Å²) in [6.45, 7) is 4.77. The molecule has 0 aromatic carbocycles. The molecule has 0 unspecified atom stereocenters. The third kappa shape index (κ3) is 3.88. The van der Waals surface area contributed by atoms with Gasteiger partial charge in [0.2, 0.25) is 5.91 Å². The molecule has 4 rings (SSSR count). The third-order valence-corrected chi connectivity index (χ3v) is 6.55. The largest absolute Gasteiger partial charge is 0.338 e. The Morgan fingerprint density at radius 3 is 2.81 bits per heavy atom. The van der Waals surface area contributed by atoms with E-state index >= 15 is 0 Å². The van der Waals surface area contributed by atoms with Gasteiger partial charge in [0.05, 0.1) is 11.2 Å². The highest BCUT2D eigenvalue weighted by atomic mass is 32.1. The monoisotopic (exact) mass is 384 g/mol. The summed E-state index contributed by atoms with van der Waals surface area (Å²) in [6, 6.07) is 3.91. The molecule has 1 spiro atoms. The van der Waals surface area contributed by atoms with Gasteiger partial charge in [-0.3, -0.25) is 14.6 Å². The van der Waals surface area contributed by atoms with Gasteiger partial charge in [-0.15, -0.1) is 11.3 Å². The smallest absolute Gasteiger partial charge is 0.265 e. The number of piperidine rings is 2. The minimum atomic E-state index is 0.00851. The zero-order valence-electron chi connectivity index (χ0n) is 15.6. The van der Waals surface area contributed by atoms with Crippen LogP contribution >= 0.6 is 11.3 Å². The van der Waals surface area contributed by atoms with Crippen LogP contribution < -0.4 is 0 Å². The van der Waals surface area contributed by atoms with Gasteiger partial charge in [0.25, 0.3) is 5.91 Å². The molecule has 27 heavy (non-hydrogen) atoms. The molecule has 0 N–H and O–H groups in total. The summed E-state index contributed by atoms with van der Waals surface area (Å²) in [5.74, 6) is 0.288. The maximum atomic E-state index is 12.9. The predicted molar refractivity (Wildman–Crippen MR) is 103 cm³/mol. The molecule has 2 aliphatic rings. The lowest BCUT2D eigenvalue weighted by atomic mass is 9.73. The van der Waals surface area contributed by atoms with Crippen LogP contribution in [0.2, 0.25) is 0 Å². The summed E-state index contributed by atoms with van der Waals surface area (Å²) >= 11 is 1.45. The first-order valence-electron chi connectivity index (χ1n) is 9.43. The van der Waals surface area contributed by atoms with Crippen LogP contribution in [0.15, 0.2) is 30.7 Å². The van der Waals surface area contributed by atoms with Crippen LogP contribution in [0.25, 0.3) is 0 Å². The van der Waals surface area contributed by atoms with Crippen molar-refractivity contribution in [3.8, 4) is 0 Å². The zero-order valence-corrected chi connectivity index (χ0v) is 16.4. The lowest BCUT2D eigenvalue weighted by Crippen LogP contribution is -2.54. The van der Waals surface area contributed by atoms with E-state index in [1.807, 2.05) is 28.9 Å². The van der Waals surface area contributed by atoms with Gasteiger partial charge in [0, 0.05) is 50.4 Å². The maximum absolute atomic E-state index is 12.9. The second kappa shape index (κ2) is 7.38. The Kier molecular flexibility index (Phi) is 4.95. The number of carbonyl (C=O) groups is 2. The van der Waals surface area contributed by atoms with Gasteiger partial charge in [0.15, 0.2) is 0 Å². The molecule has 1 atom stereocenters. The highest BCUT2D eigenvalue weighted by Gasteiger charge is 2.43. The summed E-state index contributed by atoms with van der Waals surface area (Å²) in [6.07, 6.45) is 8.69. The minimum Gasteiger partial charge on any atom is -0.338 e. The van der Waals surface area contributed by atoms with E-state index in [4.69, 9.17) is 0 Å². The first-order chi connectivity index (χ1) is 13.0. The fraction of sp³-hybridized carbons (Fsp3) is 0.500. The van der Waals surface area contributed by atoms with Crippen LogP contribution in [0.3, 0.4) is 0 Å². The Labute approximate surface area is 163 Å². The average molecular weight is 385 g/mol. The number of aryl methyl sites for hydroxylation is 1. The molecule has 2 amide bonds. The molecular formula is C20H24N4O2S. The second-order valence-electron chi connectivity index (χ2n) is 7.68. The van der Waals surface area contributed by atoms with E-state index in [0.717, 1.165) is 49.5 Å². The number of rotatable bonds is 3. The van der Waals surface area contributed by atoms with Gasteiger partial charge in [0.1, 0.15) is 4.88 Å². The number of amides is 2. The summed E-state index contributed by atoms with van der Waals surface area (Å²) in [5, 5.41) is 0.914. The highest BCUT2D eigenvalue weighted by Crippen LogP contribution is 2.39. The van der Waals surface area contributed by atoms with Gasteiger partial charge < -0.3 is 9.80 Å². The van der Waals surface area contributed by atoms with Crippen molar-refractivity contribution in [3.63, 3.8) is 0 Å². The molecule has 0 aliphatic carbocycles. The number of likely N-dealkylation sites (tertiary alicyclic amines) is 2. The van der Waals surface area contributed by atoms with E-state index in [0.29, 0.717) is 17.8 Å². The first-order valence-corrected chi connectivity index (χ1v) is 10.2. The fourth-order valence-corrected chi connectivity index (χ4v) is 5.03. The maximum Gasteiger partial charge on any atom is 0.265 e. The topological polar surface area (TPSA) is 66.4 Å². The third-order valence-electron chi connectivity index (χ3n) is 5.65. The molecule has 0 bridgehead atoms. The molecule has 2 aromatic rings. The summed E-state index contributed by atoms with van der Waals surface area (Å²) < 4.78 is 0. The number of nitrogens with zero attached hydrogens (tertiary/aromatic N) is 4. The number of thiazole rings is 1. The molecule has 2 aliphatic heterocycles. The number of hydrogen-bond donors (Lipinski definition) is 0. The number of hydrogen-bond acceptors (Lipinski definition) is 5. The lowest BCUT2D eigenvalue weighted by Gasteiger charge is -2.48. The van der Waals surface area contributed by atoms with Crippen LogP contribution in [0, 0.1) is 12.3 Å². The Morgan fingerprint density at radius 2 is 2.07 bits per heavy atom. The van der Waals surface area contributed by atoms with Crippen molar-refractivity contribution >= 4 is 23.2 Å². The first kappa shape index (κ1) is 18.1. The summed E-state index contributed by atoms with van der Waals surface area (Å²) in [4.78, 5) is 38.3. The Morgan fingerprint density at radius 1 is 1.26 bits per heavy atom. The number of pyridine rings is 1. The van der Waals surface area contributed by atoms with E-state index in [-0.39, 0.29) is 17.2 Å². The molecule has 2 aromatic heterocycles. The molecule has 7 heteroatoms. The van der Waals surface area contributed by atoms with Gasteiger partial charge in [-0.25, -0.2) is 4.98 Å². The van der Waals surface area contributed by atoms with Crippen molar-refractivity contribution in [2.45, 2.75) is 39.2 Å². The van der Waals surface area contributed by atoms with E-state index in [2.05, 4.69) is 9.97 Å². The van der Waals surface area contributed by atoms with Gasteiger partial charge >= 0.3 is 0 Å². The van der Waals surface area contributed by atoms with E-state index in [1.54, 1.807) is 18.6 Å². The summed E-state index contributed by atoms with van der Waals surface area (Å²) in [5.41, 5.74) is 1.11. The number of aromatic nitrogens is 2. The Balaban J connectivity index is 1.48.